The van der Waals surface area contributed by atoms with Crippen LogP contribution in [0.4, 0.5) is 5.69 Å². The molecule has 0 heterocycles. The fourth-order valence-corrected chi connectivity index (χ4v) is 2.59. The zero-order valence-corrected chi connectivity index (χ0v) is 11.4. The number of nitrogens with zero attached hydrogens (tertiary/aromatic N) is 1. The molecule has 0 saturated heterocycles. The van der Waals surface area contributed by atoms with Crippen LogP contribution in [0.1, 0.15) is 11.5 Å². The summed E-state index contributed by atoms with van der Waals surface area (Å²) in [7, 11) is 0. The smallest absolute Gasteiger partial charge is 0.274 e. The molecule has 19 heavy (non-hydrogen) atoms. The van der Waals surface area contributed by atoms with Gasteiger partial charge in [0, 0.05) is 16.5 Å². The van der Waals surface area contributed by atoms with E-state index in [4.69, 9.17) is 5.11 Å². The molecule has 1 aromatic rings. The van der Waals surface area contributed by atoms with Crippen molar-refractivity contribution in [2.75, 3.05) is 6.61 Å². The first kappa shape index (κ1) is 13.9. The van der Waals surface area contributed by atoms with Crippen LogP contribution in [0.15, 0.2) is 47.0 Å². The molecular formula is C13H12BrNO4. The Bertz CT molecular complexity index is 554. The molecular weight excluding hydrogens is 314 g/mol. The van der Waals surface area contributed by atoms with Crippen LogP contribution in [0, 0.1) is 10.1 Å². The number of benzene rings is 1. The summed E-state index contributed by atoms with van der Waals surface area (Å²) >= 11 is 3.31. The Morgan fingerprint density at radius 1 is 1.37 bits per heavy atom. The molecule has 0 fully saturated rings. The molecule has 100 valence electrons. The summed E-state index contributed by atoms with van der Waals surface area (Å²) < 4.78 is 0.635. The van der Waals surface area contributed by atoms with E-state index in [-0.39, 0.29) is 11.6 Å². The Balaban J connectivity index is 2.43. The number of hydrogen-bond donors (Lipinski definition) is 2. The van der Waals surface area contributed by atoms with Gasteiger partial charge in [-0.05, 0) is 6.07 Å². The topological polar surface area (TPSA) is 83.6 Å². The van der Waals surface area contributed by atoms with Gasteiger partial charge in [0.1, 0.15) is 5.60 Å². The minimum Gasteiger partial charge on any atom is -0.393 e. The van der Waals surface area contributed by atoms with Gasteiger partial charge in [-0.3, -0.25) is 10.1 Å². The van der Waals surface area contributed by atoms with Crippen molar-refractivity contribution >= 4 is 21.6 Å². The molecule has 0 amide bonds. The van der Waals surface area contributed by atoms with Crippen molar-refractivity contribution < 1.29 is 15.1 Å². The largest absolute Gasteiger partial charge is 0.393 e. The zero-order chi connectivity index (χ0) is 14.0. The Morgan fingerprint density at radius 2 is 2.00 bits per heavy atom. The second-order valence-electron chi connectivity index (χ2n) is 4.32. The predicted molar refractivity (Wildman–Crippen MR) is 73.9 cm³/mol. The van der Waals surface area contributed by atoms with E-state index in [9.17, 15) is 15.2 Å². The fourth-order valence-electron chi connectivity index (χ4n) is 1.97. The van der Waals surface area contributed by atoms with Crippen molar-refractivity contribution in [3.05, 3.63) is 62.7 Å². The standard InChI is InChI=1S/C13H12BrNO4/c14-10-2-1-3-11(15(18)19)12(10)9-4-6-13(17,8-16)7-5-9/h1-7,9,16-17H,8H2. The van der Waals surface area contributed by atoms with Gasteiger partial charge in [-0.2, -0.15) is 0 Å². The third-order valence-corrected chi connectivity index (χ3v) is 3.69. The molecule has 0 aromatic heterocycles. The van der Waals surface area contributed by atoms with Crippen molar-refractivity contribution in [3.8, 4) is 0 Å². The average molecular weight is 326 g/mol. The Kier molecular flexibility index (Phi) is 3.84. The summed E-state index contributed by atoms with van der Waals surface area (Å²) in [6.07, 6.45) is 6.17. The van der Waals surface area contributed by atoms with Crippen molar-refractivity contribution in [1.29, 1.82) is 0 Å². The molecule has 1 aliphatic carbocycles. The summed E-state index contributed by atoms with van der Waals surface area (Å²) in [5.41, 5.74) is -0.838. The minimum atomic E-state index is -1.38. The van der Waals surface area contributed by atoms with Crippen LogP contribution in [0.25, 0.3) is 0 Å². The number of nitro benzene ring substituents is 1. The van der Waals surface area contributed by atoms with Crippen LogP contribution in [0.3, 0.4) is 0 Å². The zero-order valence-electron chi connectivity index (χ0n) is 9.86. The number of allylic oxidation sites excluding steroid dienone is 2. The van der Waals surface area contributed by atoms with E-state index in [1.165, 1.54) is 18.2 Å². The highest BCUT2D eigenvalue weighted by molar-refractivity contribution is 9.10. The second-order valence-corrected chi connectivity index (χ2v) is 5.18. The summed E-state index contributed by atoms with van der Waals surface area (Å²) in [5.74, 6) is -0.317. The molecule has 0 spiro atoms. The summed E-state index contributed by atoms with van der Waals surface area (Å²) in [6.45, 7) is -0.426. The molecule has 1 aromatic carbocycles. The quantitative estimate of drug-likeness (QED) is 0.507. The lowest BCUT2D eigenvalue weighted by Crippen LogP contribution is -2.29. The van der Waals surface area contributed by atoms with Crippen molar-refractivity contribution in [3.63, 3.8) is 0 Å². The van der Waals surface area contributed by atoms with Gasteiger partial charge in [0.15, 0.2) is 0 Å². The van der Waals surface area contributed by atoms with Gasteiger partial charge in [0.25, 0.3) is 5.69 Å². The number of halogens is 1. The van der Waals surface area contributed by atoms with Crippen molar-refractivity contribution in [2.45, 2.75) is 11.5 Å². The van der Waals surface area contributed by atoms with Crippen molar-refractivity contribution in [2.24, 2.45) is 0 Å². The van der Waals surface area contributed by atoms with Gasteiger partial charge in [-0.25, -0.2) is 0 Å². The van der Waals surface area contributed by atoms with Crippen LogP contribution < -0.4 is 0 Å². The van der Waals surface area contributed by atoms with E-state index in [2.05, 4.69) is 15.9 Å². The molecule has 0 aliphatic heterocycles. The van der Waals surface area contributed by atoms with E-state index in [0.717, 1.165) is 0 Å². The lowest BCUT2D eigenvalue weighted by Gasteiger charge is -2.23. The molecule has 6 heteroatoms. The average Bonchev–Trinajstić information content (AvgIpc) is 2.40. The highest BCUT2D eigenvalue weighted by atomic mass is 79.9. The van der Waals surface area contributed by atoms with Gasteiger partial charge in [0.2, 0.25) is 0 Å². The summed E-state index contributed by atoms with van der Waals surface area (Å²) in [6, 6.07) is 4.78. The first-order valence-corrected chi connectivity index (χ1v) is 6.41. The predicted octanol–water partition coefficient (Wildman–Crippen LogP) is 2.29. The molecule has 1 aliphatic rings. The number of hydrogen-bond acceptors (Lipinski definition) is 4. The molecule has 0 unspecified atom stereocenters. The maximum absolute atomic E-state index is 11.0. The minimum absolute atomic E-state index is 0.0168. The molecule has 2 N–H and O–H groups in total. The van der Waals surface area contributed by atoms with Gasteiger partial charge >= 0.3 is 0 Å². The van der Waals surface area contributed by atoms with Gasteiger partial charge in [-0.15, -0.1) is 0 Å². The molecule has 0 radical (unpaired) electrons. The molecule has 0 saturated carbocycles. The van der Waals surface area contributed by atoms with Gasteiger partial charge in [-0.1, -0.05) is 46.3 Å². The van der Waals surface area contributed by atoms with Gasteiger partial charge < -0.3 is 10.2 Å². The Hall–Kier alpha value is -1.50. The highest BCUT2D eigenvalue weighted by Crippen LogP contribution is 2.37. The number of nitro groups is 1. The molecule has 5 nitrogen and oxygen atoms in total. The molecule has 0 bridgehead atoms. The normalized spacial score (nSPS) is 25.5. The lowest BCUT2D eigenvalue weighted by molar-refractivity contribution is -0.385. The first-order valence-electron chi connectivity index (χ1n) is 5.61. The number of aliphatic hydroxyl groups is 2. The Morgan fingerprint density at radius 3 is 2.53 bits per heavy atom. The second kappa shape index (κ2) is 5.24. The van der Waals surface area contributed by atoms with Crippen LogP contribution in [-0.4, -0.2) is 27.3 Å². The highest BCUT2D eigenvalue weighted by Gasteiger charge is 2.27. The van der Waals surface area contributed by atoms with Crippen molar-refractivity contribution in [1.82, 2.24) is 0 Å². The monoisotopic (exact) mass is 325 g/mol. The Labute approximate surface area is 118 Å². The number of rotatable bonds is 3. The summed E-state index contributed by atoms with van der Waals surface area (Å²) in [5, 5.41) is 29.9. The molecule has 2 rings (SSSR count). The van der Waals surface area contributed by atoms with E-state index < -0.39 is 17.1 Å². The van der Waals surface area contributed by atoms with E-state index >= 15 is 0 Å². The third-order valence-electron chi connectivity index (χ3n) is 3.00. The lowest BCUT2D eigenvalue weighted by atomic mass is 9.88. The van der Waals surface area contributed by atoms with Gasteiger partial charge in [0.05, 0.1) is 17.1 Å². The van der Waals surface area contributed by atoms with E-state index in [1.807, 2.05) is 0 Å². The first-order chi connectivity index (χ1) is 8.97. The fraction of sp³-hybridized carbons (Fsp3) is 0.231. The van der Waals surface area contributed by atoms with Crippen LogP contribution in [0.2, 0.25) is 0 Å². The van der Waals surface area contributed by atoms with Crippen LogP contribution in [0.5, 0.6) is 0 Å². The maximum Gasteiger partial charge on any atom is 0.274 e. The van der Waals surface area contributed by atoms with E-state index in [1.54, 1.807) is 24.3 Å². The SMILES string of the molecule is O=[N+]([O-])c1cccc(Br)c1C1C=CC(O)(CO)C=C1. The van der Waals surface area contributed by atoms with Crippen LogP contribution in [-0.2, 0) is 0 Å². The van der Waals surface area contributed by atoms with E-state index in [0.29, 0.717) is 10.0 Å². The summed E-state index contributed by atoms with van der Waals surface area (Å²) in [4.78, 5) is 10.6. The van der Waals surface area contributed by atoms with Crippen LogP contribution >= 0.6 is 15.9 Å². The molecule has 0 atom stereocenters. The maximum atomic E-state index is 11.0. The third kappa shape index (κ3) is 2.75. The number of aliphatic hydroxyl groups excluding tert-OH is 1.